The summed E-state index contributed by atoms with van der Waals surface area (Å²) in [4.78, 5) is 18.4. The smallest absolute Gasteiger partial charge is 0.275 e. The zero-order valence-corrected chi connectivity index (χ0v) is 7.47. The second-order valence-corrected chi connectivity index (χ2v) is 2.34. The molecule has 0 unspecified atom stereocenters. The number of rotatable bonds is 3. The van der Waals surface area contributed by atoms with Gasteiger partial charge in [-0.05, 0) is 11.6 Å². The highest BCUT2D eigenvalue weighted by Crippen LogP contribution is 2.18. The van der Waals surface area contributed by atoms with Gasteiger partial charge in [-0.3, -0.25) is 9.63 Å². The maximum atomic E-state index is 11.3. The number of hydrogen-bond acceptors (Lipinski definition) is 3. The van der Waals surface area contributed by atoms with Crippen molar-refractivity contribution >= 4 is 11.6 Å². The number of carbonyl (C=O) groups excluding carboxylic acids is 1. The van der Waals surface area contributed by atoms with Crippen molar-refractivity contribution in [2.45, 2.75) is 0 Å². The van der Waals surface area contributed by atoms with Crippen LogP contribution in [0.25, 0.3) is 10.4 Å². The van der Waals surface area contributed by atoms with E-state index in [1.165, 1.54) is 7.11 Å². The minimum atomic E-state index is -0.449. The summed E-state index contributed by atoms with van der Waals surface area (Å²) in [5.74, 6) is -0.449. The van der Waals surface area contributed by atoms with Crippen LogP contribution in [0.1, 0.15) is 10.4 Å². The zero-order chi connectivity index (χ0) is 10.4. The molecule has 0 aliphatic heterocycles. The molecule has 0 aromatic heterocycles. The lowest BCUT2D eigenvalue weighted by Crippen LogP contribution is -2.21. The third-order valence-electron chi connectivity index (χ3n) is 1.50. The van der Waals surface area contributed by atoms with Crippen LogP contribution in [0.2, 0.25) is 0 Å². The molecule has 6 nitrogen and oxygen atoms in total. The van der Waals surface area contributed by atoms with Gasteiger partial charge in [0.05, 0.1) is 18.4 Å². The SMILES string of the molecule is CONC(=O)c1ccccc1N=[N+]=[N-]. The van der Waals surface area contributed by atoms with Gasteiger partial charge in [0.1, 0.15) is 0 Å². The van der Waals surface area contributed by atoms with Crippen LogP contribution in [0.3, 0.4) is 0 Å². The Labute approximate surface area is 80.1 Å². The number of benzene rings is 1. The van der Waals surface area contributed by atoms with Crippen LogP contribution >= 0.6 is 0 Å². The molecule has 0 saturated carbocycles. The fourth-order valence-corrected chi connectivity index (χ4v) is 0.949. The lowest BCUT2D eigenvalue weighted by atomic mass is 10.2. The summed E-state index contributed by atoms with van der Waals surface area (Å²) in [7, 11) is 1.33. The molecule has 1 aromatic rings. The highest BCUT2D eigenvalue weighted by Gasteiger charge is 2.08. The van der Waals surface area contributed by atoms with E-state index in [1.54, 1.807) is 24.3 Å². The minimum Gasteiger partial charge on any atom is -0.277 e. The molecular formula is C8H8N4O2. The summed E-state index contributed by atoms with van der Waals surface area (Å²) in [5.41, 5.74) is 10.9. The summed E-state index contributed by atoms with van der Waals surface area (Å²) in [5, 5.41) is 3.37. The molecule has 14 heavy (non-hydrogen) atoms. The van der Waals surface area contributed by atoms with Crippen molar-refractivity contribution < 1.29 is 9.63 Å². The van der Waals surface area contributed by atoms with Crippen molar-refractivity contribution in [3.05, 3.63) is 40.3 Å². The fourth-order valence-electron chi connectivity index (χ4n) is 0.949. The first-order valence-corrected chi connectivity index (χ1v) is 3.77. The molecular weight excluding hydrogens is 184 g/mol. The Hall–Kier alpha value is -2.04. The van der Waals surface area contributed by atoms with E-state index in [9.17, 15) is 4.79 Å². The highest BCUT2D eigenvalue weighted by molar-refractivity contribution is 5.98. The van der Waals surface area contributed by atoms with Gasteiger partial charge < -0.3 is 0 Å². The second-order valence-electron chi connectivity index (χ2n) is 2.34. The highest BCUT2D eigenvalue weighted by atomic mass is 16.6. The molecule has 1 amide bonds. The standard InChI is InChI=1S/C8H8N4O2/c1-14-11-8(13)6-4-2-3-5-7(6)10-12-9/h2-5H,1H3,(H,11,13). The molecule has 0 spiro atoms. The first kappa shape index (κ1) is 10.0. The van der Waals surface area contributed by atoms with Crippen LogP contribution in [-0.4, -0.2) is 13.0 Å². The number of carbonyl (C=O) groups is 1. The van der Waals surface area contributed by atoms with Crippen molar-refractivity contribution in [3.8, 4) is 0 Å². The van der Waals surface area contributed by atoms with E-state index in [-0.39, 0.29) is 11.3 Å². The molecule has 0 heterocycles. The van der Waals surface area contributed by atoms with Gasteiger partial charge in [0, 0.05) is 4.91 Å². The van der Waals surface area contributed by atoms with E-state index < -0.39 is 5.91 Å². The third kappa shape index (κ3) is 2.22. The normalized spacial score (nSPS) is 8.93. The van der Waals surface area contributed by atoms with Crippen molar-refractivity contribution in [3.63, 3.8) is 0 Å². The van der Waals surface area contributed by atoms with Crippen LogP contribution < -0.4 is 5.48 Å². The zero-order valence-electron chi connectivity index (χ0n) is 7.47. The molecule has 0 aliphatic carbocycles. The Morgan fingerprint density at radius 1 is 1.57 bits per heavy atom. The van der Waals surface area contributed by atoms with Gasteiger partial charge >= 0.3 is 0 Å². The minimum absolute atomic E-state index is 0.268. The van der Waals surface area contributed by atoms with Gasteiger partial charge in [-0.25, -0.2) is 5.48 Å². The van der Waals surface area contributed by atoms with E-state index in [1.807, 2.05) is 0 Å². The summed E-state index contributed by atoms with van der Waals surface area (Å²) in [6.45, 7) is 0. The van der Waals surface area contributed by atoms with Gasteiger partial charge in [0.15, 0.2) is 0 Å². The first-order valence-electron chi connectivity index (χ1n) is 3.77. The molecule has 1 rings (SSSR count). The van der Waals surface area contributed by atoms with E-state index >= 15 is 0 Å². The maximum Gasteiger partial charge on any atom is 0.275 e. The van der Waals surface area contributed by atoms with Gasteiger partial charge in [-0.1, -0.05) is 23.3 Å². The second kappa shape index (κ2) is 4.86. The monoisotopic (exact) mass is 192 g/mol. The van der Waals surface area contributed by atoms with Gasteiger partial charge in [0.2, 0.25) is 0 Å². The van der Waals surface area contributed by atoms with Crippen molar-refractivity contribution in [1.29, 1.82) is 0 Å². The quantitative estimate of drug-likeness (QED) is 0.343. The van der Waals surface area contributed by atoms with Crippen LogP contribution in [0.5, 0.6) is 0 Å². The van der Waals surface area contributed by atoms with Crippen molar-refractivity contribution in [1.82, 2.24) is 5.48 Å². The number of hydroxylamine groups is 1. The largest absolute Gasteiger partial charge is 0.277 e. The average Bonchev–Trinajstić information content (AvgIpc) is 2.19. The maximum absolute atomic E-state index is 11.3. The topological polar surface area (TPSA) is 87.1 Å². The molecule has 0 saturated heterocycles. The molecule has 6 heteroatoms. The summed E-state index contributed by atoms with van der Waals surface area (Å²) in [6, 6.07) is 6.43. The number of nitrogens with one attached hydrogen (secondary N) is 1. The number of azide groups is 1. The summed E-state index contributed by atoms with van der Waals surface area (Å²) < 4.78 is 0. The lowest BCUT2D eigenvalue weighted by molar-refractivity contribution is 0.0538. The predicted molar refractivity (Wildman–Crippen MR) is 49.7 cm³/mol. The van der Waals surface area contributed by atoms with E-state index in [0.717, 1.165) is 0 Å². The Morgan fingerprint density at radius 2 is 2.29 bits per heavy atom. The predicted octanol–water partition coefficient (Wildman–Crippen LogP) is 1.92. The molecule has 72 valence electrons. The van der Waals surface area contributed by atoms with Gasteiger partial charge in [-0.15, -0.1) is 0 Å². The Kier molecular flexibility index (Phi) is 3.49. The van der Waals surface area contributed by atoms with Crippen LogP contribution in [0, 0.1) is 0 Å². The fraction of sp³-hybridized carbons (Fsp3) is 0.125. The number of hydrogen-bond donors (Lipinski definition) is 1. The molecule has 0 aliphatic rings. The Morgan fingerprint density at radius 3 is 2.93 bits per heavy atom. The molecule has 1 aromatic carbocycles. The van der Waals surface area contributed by atoms with Gasteiger partial charge in [-0.2, -0.15) is 0 Å². The molecule has 1 N–H and O–H groups in total. The molecule has 0 atom stereocenters. The Balaban J connectivity index is 3.06. The molecule has 0 fully saturated rings. The van der Waals surface area contributed by atoms with E-state index in [0.29, 0.717) is 0 Å². The third-order valence-corrected chi connectivity index (χ3v) is 1.50. The lowest BCUT2D eigenvalue weighted by Gasteiger charge is -2.03. The Bertz CT molecular complexity index is 385. The van der Waals surface area contributed by atoms with Crippen LogP contribution in [0.4, 0.5) is 5.69 Å². The van der Waals surface area contributed by atoms with Crippen molar-refractivity contribution in [2.75, 3.05) is 7.11 Å². The number of nitrogens with zero attached hydrogens (tertiary/aromatic N) is 3. The molecule has 0 radical (unpaired) electrons. The van der Waals surface area contributed by atoms with E-state index in [2.05, 4.69) is 20.3 Å². The first-order chi connectivity index (χ1) is 6.79. The number of amides is 1. The van der Waals surface area contributed by atoms with Gasteiger partial charge in [0.25, 0.3) is 5.91 Å². The van der Waals surface area contributed by atoms with Crippen LogP contribution in [-0.2, 0) is 4.84 Å². The van der Waals surface area contributed by atoms with Crippen LogP contribution in [0.15, 0.2) is 29.4 Å². The van der Waals surface area contributed by atoms with E-state index in [4.69, 9.17) is 5.53 Å². The molecule has 0 bridgehead atoms. The van der Waals surface area contributed by atoms with Crippen molar-refractivity contribution in [2.24, 2.45) is 5.11 Å². The average molecular weight is 192 g/mol. The summed E-state index contributed by atoms with van der Waals surface area (Å²) in [6.07, 6.45) is 0. The summed E-state index contributed by atoms with van der Waals surface area (Å²) >= 11 is 0.